The molecule has 3 nitrogen and oxygen atoms in total. The number of aliphatic hydroxyl groups excluding tert-OH is 1. The summed E-state index contributed by atoms with van der Waals surface area (Å²) in [4.78, 5) is 8.19. The number of thiazole rings is 1. The van der Waals surface area contributed by atoms with Crippen LogP contribution in [-0.4, -0.2) is 22.7 Å². The van der Waals surface area contributed by atoms with E-state index in [1.54, 1.807) is 11.3 Å². The van der Waals surface area contributed by atoms with Crippen LogP contribution >= 0.6 is 11.3 Å². The van der Waals surface area contributed by atoms with Crippen LogP contribution < -0.4 is 4.90 Å². The lowest BCUT2D eigenvalue weighted by Gasteiger charge is -2.20. The Hall–Kier alpha value is -1.39. The number of anilines is 1. The highest BCUT2D eigenvalue weighted by Gasteiger charge is 2.31. The molecule has 0 aliphatic heterocycles. The number of hydrogen-bond acceptors (Lipinski definition) is 4. The van der Waals surface area contributed by atoms with Gasteiger partial charge in [0.1, 0.15) is 0 Å². The predicted molar refractivity (Wildman–Crippen MR) is 84.1 cm³/mol. The molecule has 0 saturated heterocycles. The minimum Gasteiger partial charge on any atom is -0.391 e. The number of aromatic nitrogens is 1. The lowest BCUT2D eigenvalue weighted by molar-refractivity contribution is 0.286. The molecule has 1 heterocycles. The van der Waals surface area contributed by atoms with Crippen LogP contribution in [0.3, 0.4) is 0 Å². The summed E-state index contributed by atoms with van der Waals surface area (Å²) in [6.07, 6.45) is 3.68. The van der Waals surface area contributed by atoms with Crippen molar-refractivity contribution in [3.05, 3.63) is 35.2 Å². The van der Waals surface area contributed by atoms with Gasteiger partial charge in [-0.1, -0.05) is 48.6 Å². The summed E-state index contributed by atoms with van der Waals surface area (Å²) < 4.78 is 0. The van der Waals surface area contributed by atoms with Gasteiger partial charge >= 0.3 is 0 Å². The summed E-state index contributed by atoms with van der Waals surface area (Å²) in [5, 5.41) is 10.7. The fourth-order valence-corrected chi connectivity index (χ4v) is 3.49. The van der Waals surface area contributed by atoms with Gasteiger partial charge in [-0.15, -0.1) is 0 Å². The molecule has 1 aliphatic carbocycles. The fraction of sp³-hybridized carbons (Fsp3) is 0.438. The molecule has 1 N–H and O–H groups in total. The molecule has 1 aromatic heterocycles. The molecule has 2 aromatic rings. The average molecular weight is 288 g/mol. The number of rotatable bonds is 6. The first-order chi connectivity index (χ1) is 9.83. The van der Waals surface area contributed by atoms with Gasteiger partial charge in [0.15, 0.2) is 5.13 Å². The molecule has 0 atom stereocenters. The van der Waals surface area contributed by atoms with Crippen LogP contribution in [0.15, 0.2) is 30.3 Å². The van der Waals surface area contributed by atoms with Gasteiger partial charge < -0.3 is 10.0 Å². The Bertz CT molecular complexity index is 563. The van der Waals surface area contributed by atoms with E-state index in [-0.39, 0.29) is 6.61 Å². The third-order valence-corrected chi connectivity index (χ3v) is 4.65. The Kier molecular flexibility index (Phi) is 4.03. The molecule has 0 bridgehead atoms. The normalized spacial score (nSPS) is 14.5. The standard InChI is InChI=1S/C16H20N2OS/c1-2-10-18(13-8-9-13)16-17-15(14(11-19)20-16)12-6-4-3-5-7-12/h3-7,13,19H,2,8-11H2,1H3. The lowest BCUT2D eigenvalue weighted by Crippen LogP contribution is -2.26. The van der Waals surface area contributed by atoms with E-state index in [1.807, 2.05) is 18.2 Å². The van der Waals surface area contributed by atoms with E-state index in [4.69, 9.17) is 4.98 Å². The fourth-order valence-electron chi connectivity index (χ4n) is 2.45. The summed E-state index contributed by atoms with van der Waals surface area (Å²) >= 11 is 1.64. The zero-order chi connectivity index (χ0) is 13.9. The van der Waals surface area contributed by atoms with E-state index in [2.05, 4.69) is 24.0 Å². The van der Waals surface area contributed by atoms with Gasteiger partial charge in [0.25, 0.3) is 0 Å². The smallest absolute Gasteiger partial charge is 0.186 e. The quantitative estimate of drug-likeness (QED) is 0.881. The minimum atomic E-state index is 0.0620. The van der Waals surface area contributed by atoms with Crippen molar-refractivity contribution in [1.82, 2.24) is 4.98 Å². The van der Waals surface area contributed by atoms with Crippen LogP contribution in [0.5, 0.6) is 0 Å². The molecule has 0 radical (unpaired) electrons. The first kappa shape index (κ1) is 13.6. The SMILES string of the molecule is CCCN(c1nc(-c2ccccc2)c(CO)s1)C1CC1. The molecule has 20 heavy (non-hydrogen) atoms. The number of benzene rings is 1. The van der Waals surface area contributed by atoms with Crippen molar-refractivity contribution in [2.24, 2.45) is 0 Å². The van der Waals surface area contributed by atoms with E-state index >= 15 is 0 Å². The third-order valence-electron chi connectivity index (χ3n) is 3.57. The molecule has 106 valence electrons. The topological polar surface area (TPSA) is 36.4 Å². The maximum absolute atomic E-state index is 9.61. The molecular weight excluding hydrogens is 268 g/mol. The second kappa shape index (κ2) is 5.94. The summed E-state index contributed by atoms with van der Waals surface area (Å²) in [7, 11) is 0. The summed E-state index contributed by atoms with van der Waals surface area (Å²) in [6, 6.07) is 10.8. The van der Waals surface area contributed by atoms with Crippen LogP contribution in [0.1, 0.15) is 31.1 Å². The molecular formula is C16H20N2OS. The molecule has 0 spiro atoms. The van der Waals surface area contributed by atoms with Crippen molar-refractivity contribution in [1.29, 1.82) is 0 Å². The van der Waals surface area contributed by atoms with E-state index in [9.17, 15) is 5.11 Å². The highest BCUT2D eigenvalue weighted by Crippen LogP contribution is 2.38. The number of nitrogens with zero attached hydrogens (tertiary/aromatic N) is 2. The predicted octanol–water partition coefficient (Wildman–Crippen LogP) is 3.68. The Morgan fingerprint density at radius 2 is 2.05 bits per heavy atom. The maximum atomic E-state index is 9.61. The van der Waals surface area contributed by atoms with Crippen LogP contribution in [-0.2, 0) is 6.61 Å². The van der Waals surface area contributed by atoms with Crippen LogP contribution in [0.4, 0.5) is 5.13 Å². The molecule has 0 unspecified atom stereocenters. The molecule has 4 heteroatoms. The van der Waals surface area contributed by atoms with Gasteiger partial charge in [-0.25, -0.2) is 4.98 Å². The summed E-state index contributed by atoms with van der Waals surface area (Å²) in [6.45, 7) is 3.32. The van der Waals surface area contributed by atoms with Crippen molar-refractivity contribution in [3.63, 3.8) is 0 Å². The van der Waals surface area contributed by atoms with E-state index in [0.29, 0.717) is 6.04 Å². The zero-order valence-electron chi connectivity index (χ0n) is 11.7. The molecule has 1 aliphatic rings. The van der Waals surface area contributed by atoms with Crippen LogP contribution in [0.2, 0.25) is 0 Å². The minimum absolute atomic E-state index is 0.0620. The molecule has 3 rings (SSSR count). The largest absolute Gasteiger partial charge is 0.391 e. The lowest BCUT2D eigenvalue weighted by atomic mass is 10.1. The molecule has 1 fully saturated rings. The first-order valence-electron chi connectivity index (χ1n) is 7.26. The number of hydrogen-bond donors (Lipinski definition) is 1. The van der Waals surface area contributed by atoms with E-state index in [1.165, 1.54) is 12.8 Å². The van der Waals surface area contributed by atoms with Crippen molar-refractivity contribution in [2.75, 3.05) is 11.4 Å². The second-order valence-corrected chi connectivity index (χ2v) is 6.28. The Balaban J connectivity index is 1.95. The van der Waals surface area contributed by atoms with Crippen molar-refractivity contribution >= 4 is 16.5 Å². The maximum Gasteiger partial charge on any atom is 0.186 e. The molecule has 1 saturated carbocycles. The highest BCUT2D eigenvalue weighted by molar-refractivity contribution is 7.16. The first-order valence-corrected chi connectivity index (χ1v) is 8.07. The average Bonchev–Trinajstić information content (AvgIpc) is 3.24. The summed E-state index contributed by atoms with van der Waals surface area (Å²) in [5.41, 5.74) is 2.03. The van der Waals surface area contributed by atoms with Crippen molar-refractivity contribution < 1.29 is 5.11 Å². The highest BCUT2D eigenvalue weighted by atomic mass is 32.1. The van der Waals surface area contributed by atoms with Gasteiger partial charge in [-0.3, -0.25) is 0 Å². The van der Waals surface area contributed by atoms with E-state index < -0.39 is 0 Å². The van der Waals surface area contributed by atoms with Gasteiger partial charge in [-0.05, 0) is 19.3 Å². The summed E-state index contributed by atoms with van der Waals surface area (Å²) in [5.74, 6) is 0. The third kappa shape index (κ3) is 2.72. The number of aliphatic hydroxyl groups is 1. The Morgan fingerprint density at radius 1 is 1.30 bits per heavy atom. The Labute approximate surface area is 123 Å². The molecule has 0 amide bonds. The van der Waals surface area contributed by atoms with Crippen molar-refractivity contribution in [3.8, 4) is 11.3 Å². The van der Waals surface area contributed by atoms with Crippen LogP contribution in [0.25, 0.3) is 11.3 Å². The monoisotopic (exact) mass is 288 g/mol. The second-order valence-electron chi connectivity index (χ2n) is 5.22. The van der Waals surface area contributed by atoms with Gasteiger partial charge in [0, 0.05) is 18.2 Å². The zero-order valence-corrected chi connectivity index (χ0v) is 12.6. The van der Waals surface area contributed by atoms with Crippen molar-refractivity contribution in [2.45, 2.75) is 38.8 Å². The Morgan fingerprint density at radius 3 is 2.65 bits per heavy atom. The van der Waals surface area contributed by atoms with Gasteiger partial charge in [-0.2, -0.15) is 0 Å². The molecule has 1 aromatic carbocycles. The van der Waals surface area contributed by atoms with Gasteiger partial charge in [0.05, 0.1) is 17.2 Å². The van der Waals surface area contributed by atoms with Crippen LogP contribution in [0, 0.1) is 0 Å². The van der Waals surface area contributed by atoms with E-state index in [0.717, 1.165) is 34.2 Å². The van der Waals surface area contributed by atoms with Gasteiger partial charge in [0.2, 0.25) is 0 Å².